The molecule has 2 aliphatic rings. The number of nitrogens with one attached hydrogen (secondary N) is 1. The lowest BCUT2D eigenvalue weighted by molar-refractivity contribution is 0.0962. The van der Waals surface area contributed by atoms with Crippen LogP contribution in [0.3, 0.4) is 0 Å². The average molecular weight is 465 g/mol. The van der Waals surface area contributed by atoms with Gasteiger partial charge in [-0.1, -0.05) is 41.1 Å². The number of nitrogens with zero attached hydrogens (tertiary/aromatic N) is 3. The van der Waals surface area contributed by atoms with E-state index in [0.29, 0.717) is 23.4 Å². The van der Waals surface area contributed by atoms with Gasteiger partial charge in [0, 0.05) is 17.9 Å². The molecule has 33 heavy (non-hydrogen) atoms. The minimum Gasteiger partial charge on any atom is -0.376 e. The highest BCUT2D eigenvalue weighted by molar-refractivity contribution is 7.80. The second kappa shape index (κ2) is 9.03. The van der Waals surface area contributed by atoms with E-state index >= 15 is 0 Å². The molecule has 2 unspecified atom stereocenters. The smallest absolute Gasteiger partial charge is 0.258 e. The van der Waals surface area contributed by atoms with Crippen molar-refractivity contribution < 1.29 is 13.7 Å². The predicted octanol–water partition coefficient (Wildman–Crippen LogP) is 5.03. The molecule has 0 spiro atoms. The Labute approximate surface area is 197 Å². The van der Waals surface area contributed by atoms with Gasteiger partial charge in [-0.2, -0.15) is 4.98 Å². The summed E-state index contributed by atoms with van der Waals surface area (Å²) in [6, 6.07) is 14.0. The molecule has 2 aromatic carbocycles. The molecule has 3 aromatic rings. The van der Waals surface area contributed by atoms with Crippen LogP contribution in [0.4, 0.5) is 4.39 Å². The van der Waals surface area contributed by atoms with E-state index in [2.05, 4.69) is 10.5 Å². The first kappa shape index (κ1) is 21.7. The molecule has 2 aliphatic heterocycles. The number of hydrogen-bond acceptors (Lipinski definition) is 5. The van der Waals surface area contributed by atoms with Gasteiger partial charge in [-0.25, -0.2) is 4.39 Å². The Morgan fingerprint density at radius 1 is 1.18 bits per heavy atom. The molecule has 1 fully saturated rings. The maximum absolute atomic E-state index is 13.6. The second-order valence-electron chi connectivity index (χ2n) is 8.47. The second-order valence-corrected chi connectivity index (χ2v) is 8.86. The number of aryl methyl sites for hydroxylation is 1. The fraction of sp³-hybridized carbons (Fsp3) is 0.320. The van der Waals surface area contributed by atoms with Crippen LogP contribution in [-0.2, 0) is 4.74 Å². The molecule has 1 N–H and O–H groups in total. The van der Waals surface area contributed by atoms with Crippen LogP contribution in [0.25, 0.3) is 17.0 Å². The van der Waals surface area contributed by atoms with Gasteiger partial charge in [0.2, 0.25) is 5.82 Å². The van der Waals surface area contributed by atoms with Crippen LogP contribution in [0.2, 0.25) is 0 Å². The van der Waals surface area contributed by atoms with E-state index in [4.69, 9.17) is 26.5 Å². The number of rotatable bonds is 5. The molecule has 0 aliphatic carbocycles. The van der Waals surface area contributed by atoms with E-state index in [9.17, 15) is 4.39 Å². The standard InChI is InChI=1S/C25H25FN4O2S/c1-15-5-3-6-18(13-15)23-28-24(32-29-23)21-16(2)30(14-20-7-4-12-31-20)25(33)27-22(21)17-8-10-19(26)11-9-17/h3,5-6,8-11,13,20,22H,4,7,12,14H2,1-2H3,(H,27,33). The summed E-state index contributed by atoms with van der Waals surface area (Å²) in [5.74, 6) is 0.635. The third kappa shape index (κ3) is 4.41. The molecule has 1 aromatic heterocycles. The van der Waals surface area contributed by atoms with Crippen molar-refractivity contribution in [2.75, 3.05) is 13.2 Å². The first-order chi connectivity index (χ1) is 16.0. The lowest BCUT2D eigenvalue weighted by Crippen LogP contribution is -2.48. The van der Waals surface area contributed by atoms with Gasteiger partial charge >= 0.3 is 0 Å². The van der Waals surface area contributed by atoms with E-state index in [1.807, 2.05) is 43.0 Å². The summed E-state index contributed by atoms with van der Waals surface area (Å²) in [4.78, 5) is 6.77. The zero-order chi connectivity index (χ0) is 22.9. The van der Waals surface area contributed by atoms with Gasteiger partial charge in [-0.3, -0.25) is 0 Å². The summed E-state index contributed by atoms with van der Waals surface area (Å²) in [7, 11) is 0. The molecule has 1 saturated heterocycles. The zero-order valence-electron chi connectivity index (χ0n) is 18.5. The molecular weight excluding hydrogens is 439 g/mol. The number of ether oxygens (including phenoxy) is 1. The SMILES string of the molecule is CC1=C(c2nc(-c3cccc(C)c3)no2)C(c2ccc(F)cc2)NC(=S)N1CC1CCCO1. The minimum atomic E-state index is -0.343. The number of benzene rings is 2. The molecule has 8 heteroatoms. The monoisotopic (exact) mass is 464 g/mol. The quantitative estimate of drug-likeness (QED) is 0.532. The Morgan fingerprint density at radius 3 is 2.73 bits per heavy atom. The average Bonchev–Trinajstić information content (AvgIpc) is 3.49. The van der Waals surface area contributed by atoms with Crippen molar-refractivity contribution in [3.63, 3.8) is 0 Å². The van der Waals surface area contributed by atoms with E-state index in [1.54, 1.807) is 12.1 Å². The van der Waals surface area contributed by atoms with Gasteiger partial charge in [0.1, 0.15) is 5.82 Å². The largest absolute Gasteiger partial charge is 0.376 e. The number of halogens is 1. The Hall–Kier alpha value is -3.10. The van der Waals surface area contributed by atoms with E-state index in [-0.39, 0.29) is 18.0 Å². The maximum atomic E-state index is 13.6. The number of thiocarbonyl (C=S) groups is 1. The van der Waals surface area contributed by atoms with E-state index < -0.39 is 0 Å². The number of aromatic nitrogens is 2. The van der Waals surface area contributed by atoms with Crippen molar-refractivity contribution in [3.05, 3.63) is 77.1 Å². The first-order valence-electron chi connectivity index (χ1n) is 11.1. The third-order valence-corrected chi connectivity index (χ3v) is 6.48. The van der Waals surface area contributed by atoms with Crippen molar-refractivity contribution in [2.45, 2.75) is 38.8 Å². The molecule has 0 amide bonds. The summed E-state index contributed by atoms with van der Waals surface area (Å²) in [6.07, 6.45) is 2.17. The normalized spacial score (nSPS) is 20.9. The molecule has 0 saturated carbocycles. The number of hydrogen-bond donors (Lipinski definition) is 1. The lowest BCUT2D eigenvalue weighted by atomic mass is 9.94. The van der Waals surface area contributed by atoms with Gasteiger partial charge in [0.25, 0.3) is 5.89 Å². The molecule has 3 heterocycles. The third-order valence-electron chi connectivity index (χ3n) is 6.14. The van der Waals surface area contributed by atoms with Gasteiger partial charge in [0.15, 0.2) is 5.11 Å². The Kier molecular flexibility index (Phi) is 5.95. The van der Waals surface area contributed by atoms with Crippen LogP contribution in [0, 0.1) is 12.7 Å². The number of allylic oxidation sites excluding steroid dienone is 1. The molecule has 2 atom stereocenters. The van der Waals surface area contributed by atoms with Crippen molar-refractivity contribution in [1.29, 1.82) is 0 Å². The highest BCUT2D eigenvalue weighted by atomic mass is 32.1. The highest BCUT2D eigenvalue weighted by Crippen LogP contribution is 2.38. The zero-order valence-corrected chi connectivity index (χ0v) is 19.4. The van der Waals surface area contributed by atoms with Gasteiger partial charge in [0.05, 0.1) is 24.3 Å². The van der Waals surface area contributed by atoms with Gasteiger partial charge < -0.3 is 19.5 Å². The lowest BCUT2D eigenvalue weighted by Gasteiger charge is -2.38. The van der Waals surface area contributed by atoms with Crippen LogP contribution < -0.4 is 5.32 Å². The molecular formula is C25H25FN4O2S. The Bertz CT molecular complexity index is 1200. The van der Waals surface area contributed by atoms with Crippen LogP contribution in [0.15, 0.2) is 58.8 Å². The molecule has 6 nitrogen and oxygen atoms in total. The molecule has 0 radical (unpaired) electrons. The Morgan fingerprint density at radius 2 is 2.00 bits per heavy atom. The van der Waals surface area contributed by atoms with E-state index in [1.165, 1.54) is 12.1 Å². The summed E-state index contributed by atoms with van der Waals surface area (Å²) in [5, 5.41) is 8.25. The molecule has 0 bridgehead atoms. The van der Waals surface area contributed by atoms with Crippen LogP contribution in [0.1, 0.15) is 42.8 Å². The van der Waals surface area contributed by atoms with Crippen LogP contribution in [-0.4, -0.2) is 39.4 Å². The molecule has 170 valence electrons. The summed E-state index contributed by atoms with van der Waals surface area (Å²) in [5.41, 5.74) is 4.60. The highest BCUT2D eigenvalue weighted by Gasteiger charge is 2.35. The topological polar surface area (TPSA) is 63.4 Å². The first-order valence-corrected chi connectivity index (χ1v) is 11.5. The van der Waals surface area contributed by atoms with Crippen molar-refractivity contribution in [3.8, 4) is 11.4 Å². The summed E-state index contributed by atoms with van der Waals surface area (Å²) < 4.78 is 25.2. The molecule has 5 rings (SSSR count). The van der Waals surface area contributed by atoms with Crippen molar-refractivity contribution in [2.24, 2.45) is 0 Å². The van der Waals surface area contributed by atoms with Crippen molar-refractivity contribution >= 4 is 22.9 Å². The van der Waals surface area contributed by atoms with Crippen molar-refractivity contribution in [1.82, 2.24) is 20.4 Å². The van der Waals surface area contributed by atoms with Crippen LogP contribution >= 0.6 is 12.2 Å². The summed E-state index contributed by atoms with van der Waals surface area (Å²) >= 11 is 5.73. The fourth-order valence-corrected chi connectivity index (χ4v) is 4.74. The summed E-state index contributed by atoms with van der Waals surface area (Å²) in [6.45, 7) is 5.45. The fourth-order valence-electron chi connectivity index (χ4n) is 4.41. The van der Waals surface area contributed by atoms with Gasteiger partial charge in [-0.15, -0.1) is 0 Å². The van der Waals surface area contributed by atoms with E-state index in [0.717, 1.165) is 47.4 Å². The minimum absolute atomic E-state index is 0.119. The van der Waals surface area contributed by atoms with Crippen LogP contribution in [0.5, 0.6) is 0 Å². The van der Waals surface area contributed by atoms with Gasteiger partial charge in [-0.05, 0) is 62.7 Å². The maximum Gasteiger partial charge on any atom is 0.258 e. The predicted molar refractivity (Wildman–Crippen MR) is 128 cm³/mol. The Balaban J connectivity index is 1.57.